The highest BCUT2D eigenvalue weighted by atomic mass is 32.2. The smallest absolute Gasteiger partial charge is 0.233 e. The second kappa shape index (κ2) is 8.63. The molecule has 1 aliphatic carbocycles. The third kappa shape index (κ3) is 3.70. The molecule has 0 radical (unpaired) electrons. The molecule has 0 saturated carbocycles. The van der Waals surface area contributed by atoms with E-state index in [-0.39, 0.29) is 17.6 Å². The van der Waals surface area contributed by atoms with Crippen molar-refractivity contribution in [3.05, 3.63) is 76.1 Å². The lowest BCUT2D eigenvalue weighted by Crippen LogP contribution is -2.29. The number of thioether (sulfide) groups is 1. The number of ketones is 1. The largest absolute Gasteiger partial charge is 0.493 e. The number of benzene rings is 2. The summed E-state index contributed by atoms with van der Waals surface area (Å²) < 4.78 is 16.5. The molecule has 1 aliphatic heterocycles. The zero-order chi connectivity index (χ0) is 23.1. The highest BCUT2D eigenvalue weighted by Gasteiger charge is 2.41. The van der Waals surface area contributed by atoms with Gasteiger partial charge in [0.1, 0.15) is 0 Å². The lowest BCUT2D eigenvalue weighted by atomic mass is 9.72. The summed E-state index contributed by atoms with van der Waals surface area (Å²) in [5.41, 5.74) is 5.61. The number of aromatic nitrogens is 1. The molecule has 0 bridgehead atoms. The van der Waals surface area contributed by atoms with E-state index >= 15 is 0 Å². The number of nitrogens with zero attached hydrogens (tertiary/aromatic N) is 1. The highest BCUT2D eigenvalue weighted by Crippen LogP contribution is 2.49. The quantitative estimate of drug-likeness (QED) is 0.489. The van der Waals surface area contributed by atoms with Crippen LogP contribution in [0.15, 0.2) is 63.2 Å². The van der Waals surface area contributed by atoms with Gasteiger partial charge in [-0.05, 0) is 60.9 Å². The molecule has 0 fully saturated rings. The summed E-state index contributed by atoms with van der Waals surface area (Å²) in [6, 6.07) is 14.3. The van der Waals surface area contributed by atoms with Gasteiger partial charge in [0.25, 0.3) is 0 Å². The van der Waals surface area contributed by atoms with Gasteiger partial charge in [-0.25, -0.2) is 0 Å². The van der Waals surface area contributed by atoms with Crippen LogP contribution in [0.1, 0.15) is 47.1 Å². The van der Waals surface area contributed by atoms with Crippen LogP contribution in [0, 0.1) is 6.92 Å². The van der Waals surface area contributed by atoms with Gasteiger partial charge in [-0.2, -0.15) is 0 Å². The molecule has 2 heterocycles. The van der Waals surface area contributed by atoms with Gasteiger partial charge in [-0.3, -0.25) is 4.79 Å². The number of nitrogens with one attached hydrogen (secondary N) is 1. The molecule has 1 N–H and O–H groups in total. The van der Waals surface area contributed by atoms with Crippen molar-refractivity contribution in [3.8, 4) is 11.5 Å². The van der Waals surface area contributed by atoms with Crippen LogP contribution in [-0.4, -0.2) is 31.4 Å². The Morgan fingerprint density at radius 2 is 1.76 bits per heavy atom. The van der Waals surface area contributed by atoms with Crippen molar-refractivity contribution in [2.75, 3.05) is 25.8 Å². The SMILES string of the molecule is COc1ccc([C@H]2CC(=O)C3=C(C2)Nc2onc(C)c2[C@H]3c2ccc(SC)cc2)cc1OC. The van der Waals surface area contributed by atoms with Gasteiger partial charge in [0.05, 0.1) is 25.5 Å². The lowest BCUT2D eigenvalue weighted by molar-refractivity contribution is -0.116. The van der Waals surface area contributed by atoms with E-state index < -0.39 is 0 Å². The second-order valence-corrected chi connectivity index (χ2v) is 9.26. The van der Waals surface area contributed by atoms with Crippen LogP contribution in [-0.2, 0) is 4.79 Å². The van der Waals surface area contributed by atoms with Crippen molar-refractivity contribution in [1.82, 2.24) is 5.16 Å². The fourth-order valence-corrected chi connectivity index (χ4v) is 5.35. The van der Waals surface area contributed by atoms with Crippen LogP contribution < -0.4 is 14.8 Å². The number of carbonyl (C=O) groups is 1. The molecule has 170 valence electrons. The summed E-state index contributed by atoms with van der Waals surface area (Å²) in [6.07, 6.45) is 3.20. The minimum atomic E-state index is -0.183. The van der Waals surface area contributed by atoms with Crippen molar-refractivity contribution in [2.24, 2.45) is 0 Å². The van der Waals surface area contributed by atoms with Crippen LogP contribution in [0.4, 0.5) is 5.88 Å². The number of Topliss-reactive ketones (excluding diaryl/α,β-unsaturated/α-hetero) is 1. The number of fused-ring (bicyclic) bond motifs is 1. The molecule has 2 aromatic carbocycles. The molecule has 2 aliphatic rings. The molecular weight excluding hydrogens is 436 g/mol. The van der Waals surface area contributed by atoms with Gasteiger partial charge in [0.2, 0.25) is 5.88 Å². The first-order valence-electron chi connectivity index (χ1n) is 10.9. The molecule has 3 aromatic rings. The van der Waals surface area contributed by atoms with Gasteiger partial charge < -0.3 is 19.3 Å². The van der Waals surface area contributed by atoms with E-state index in [1.165, 1.54) is 4.90 Å². The maximum atomic E-state index is 13.6. The number of hydrogen-bond donors (Lipinski definition) is 1. The summed E-state index contributed by atoms with van der Waals surface area (Å²) in [4.78, 5) is 14.8. The maximum Gasteiger partial charge on any atom is 0.233 e. The Balaban J connectivity index is 1.56. The Bertz CT molecular complexity index is 1250. The van der Waals surface area contributed by atoms with Crippen LogP contribution in [0.3, 0.4) is 0 Å². The Kier molecular flexibility index (Phi) is 5.66. The summed E-state index contributed by atoms with van der Waals surface area (Å²) in [5.74, 6) is 1.97. The van der Waals surface area contributed by atoms with Crippen molar-refractivity contribution in [3.63, 3.8) is 0 Å². The molecule has 5 rings (SSSR count). The normalized spacial score (nSPS) is 19.6. The highest BCUT2D eigenvalue weighted by molar-refractivity contribution is 7.98. The fraction of sp³-hybridized carbons (Fsp3) is 0.308. The van der Waals surface area contributed by atoms with E-state index in [0.717, 1.165) is 33.7 Å². The Morgan fingerprint density at radius 3 is 2.45 bits per heavy atom. The van der Waals surface area contributed by atoms with Crippen LogP contribution in [0.25, 0.3) is 0 Å². The number of methoxy groups -OCH3 is 2. The van der Waals surface area contributed by atoms with Gasteiger partial charge in [-0.1, -0.05) is 23.4 Å². The fourth-order valence-electron chi connectivity index (χ4n) is 4.94. The average Bonchev–Trinajstić information content (AvgIpc) is 3.22. The number of hydrogen-bond acceptors (Lipinski definition) is 7. The monoisotopic (exact) mass is 462 g/mol. The van der Waals surface area contributed by atoms with Gasteiger partial charge in [0.15, 0.2) is 17.3 Å². The number of carbonyl (C=O) groups excluding carboxylic acids is 1. The molecule has 0 unspecified atom stereocenters. The third-order valence-electron chi connectivity index (χ3n) is 6.59. The van der Waals surface area contributed by atoms with Crippen molar-refractivity contribution < 1.29 is 18.8 Å². The maximum absolute atomic E-state index is 13.6. The molecule has 0 saturated heterocycles. The standard InChI is InChI=1S/C26H26N2O4S/c1-14-23-24(15-5-8-18(33-4)9-6-15)25-19(27-26(23)32-28-14)11-17(12-20(25)29)16-7-10-21(30-2)22(13-16)31-3/h5-10,13,17,24,27H,11-12H2,1-4H3/t17-,24-/m1/s1. The van der Waals surface area contributed by atoms with E-state index in [1.807, 2.05) is 25.1 Å². The molecule has 2 atom stereocenters. The first-order chi connectivity index (χ1) is 16.0. The zero-order valence-electron chi connectivity index (χ0n) is 19.1. The molecule has 0 spiro atoms. The van der Waals surface area contributed by atoms with Crippen LogP contribution in [0.5, 0.6) is 11.5 Å². The van der Waals surface area contributed by atoms with E-state index in [4.69, 9.17) is 14.0 Å². The number of ether oxygens (including phenoxy) is 2. The Labute approximate surface area is 197 Å². The van der Waals surface area contributed by atoms with Crippen molar-refractivity contribution >= 4 is 23.4 Å². The summed E-state index contributed by atoms with van der Waals surface area (Å²) in [6.45, 7) is 1.93. The predicted molar refractivity (Wildman–Crippen MR) is 128 cm³/mol. The first kappa shape index (κ1) is 21.6. The van der Waals surface area contributed by atoms with E-state index in [2.05, 4.69) is 41.0 Å². The molecule has 0 amide bonds. The number of rotatable bonds is 5. The van der Waals surface area contributed by atoms with E-state index in [1.54, 1.807) is 26.0 Å². The minimum absolute atomic E-state index is 0.0358. The second-order valence-electron chi connectivity index (χ2n) is 8.38. The Hall–Kier alpha value is -3.19. The number of anilines is 1. The number of aryl methyl sites for hydroxylation is 1. The average molecular weight is 463 g/mol. The third-order valence-corrected chi connectivity index (χ3v) is 7.33. The van der Waals surface area contributed by atoms with E-state index in [0.29, 0.717) is 30.2 Å². The van der Waals surface area contributed by atoms with Gasteiger partial charge in [0, 0.05) is 28.5 Å². The summed E-state index contributed by atoms with van der Waals surface area (Å²) in [7, 11) is 3.24. The molecule has 33 heavy (non-hydrogen) atoms. The van der Waals surface area contributed by atoms with Gasteiger partial charge >= 0.3 is 0 Å². The summed E-state index contributed by atoms with van der Waals surface area (Å²) >= 11 is 1.70. The topological polar surface area (TPSA) is 73.6 Å². The van der Waals surface area contributed by atoms with Crippen LogP contribution >= 0.6 is 11.8 Å². The minimum Gasteiger partial charge on any atom is -0.493 e. The lowest BCUT2D eigenvalue weighted by Gasteiger charge is -2.34. The van der Waals surface area contributed by atoms with Crippen molar-refractivity contribution in [2.45, 2.75) is 36.5 Å². The predicted octanol–water partition coefficient (Wildman–Crippen LogP) is 5.68. The first-order valence-corrected chi connectivity index (χ1v) is 12.1. The summed E-state index contributed by atoms with van der Waals surface area (Å²) in [5, 5.41) is 7.59. The molecule has 6 nitrogen and oxygen atoms in total. The zero-order valence-corrected chi connectivity index (χ0v) is 19.9. The van der Waals surface area contributed by atoms with Crippen molar-refractivity contribution in [1.29, 1.82) is 0 Å². The molecule has 7 heteroatoms. The molecular formula is C26H26N2O4S. The Morgan fingerprint density at radius 1 is 1.03 bits per heavy atom. The molecule has 1 aromatic heterocycles. The van der Waals surface area contributed by atoms with Crippen LogP contribution in [0.2, 0.25) is 0 Å². The van der Waals surface area contributed by atoms with E-state index in [9.17, 15) is 4.79 Å². The van der Waals surface area contributed by atoms with Gasteiger partial charge in [-0.15, -0.1) is 11.8 Å². The number of allylic oxidation sites excluding steroid dienone is 2.